The molecule has 1 aliphatic heterocycles. The van der Waals surface area contributed by atoms with Crippen LogP contribution in [0.2, 0.25) is 0 Å². The second kappa shape index (κ2) is 10.6. The fourth-order valence-corrected chi connectivity index (χ4v) is 2.67. The van der Waals surface area contributed by atoms with E-state index in [4.69, 9.17) is 13.6 Å². The number of ether oxygens (including phenoxy) is 1. The van der Waals surface area contributed by atoms with Crippen LogP contribution in [0.3, 0.4) is 0 Å². The van der Waals surface area contributed by atoms with Crippen LogP contribution in [0.15, 0.2) is 32.2 Å². The minimum absolute atomic E-state index is 0. The average Bonchev–Trinajstić information content (AvgIpc) is 3.34. The van der Waals surface area contributed by atoms with E-state index in [1.807, 2.05) is 26.0 Å². The van der Waals surface area contributed by atoms with Crippen LogP contribution in [0.1, 0.15) is 29.5 Å². The Labute approximate surface area is 171 Å². The number of hydrogen-bond donors (Lipinski definition) is 2. The van der Waals surface area contributed by atoms with Gasteiger partial charge >= 0.3 is 0 Å². The van der Waals surface area contributed by atoms with Gasteiger partial charge in [-0.15, -0.1) is 24.0 Å². The molecule has 8 heteroatoms. The first-order valence-corrected chi connectivity index (χ1v) is 8.76. The third-order valence-corrected chi connectivity index (χ3v) is 4.27. The molecule has 0 bridgehead atoms. The molecular weight excluding hydrogens is 447 g/mol. The zero-order valence-electron chi connectivity index (χ0n) is 15.3. The molecule has 2 N–H and O–H groups in total. The van der Waals surface area contributed by atoms with E-state index in [2.05, 4.69) is 20.6 Å². The molecule has 0 radical (unpaired) electrons. The van der Waals surface area contributed by atoms with E-state index in [0.717, 1.165) is 62.3 Å². The lowest BCUT2D eigenvalue weighted by atomic mass is 10.1. The highest BCUT2D eigenvalue weighted by Gasteiger charge is 2.16. The van der Waals surface area contributed by atoms with Gasteiger partial charge in [-0.1, -0.05) is 0 Å². The number of hydrogen-bond acceptors (Lipinski definition) is 5. The van der Waals surface area contributed by atoms with Crippen molar-refractivity contribution >= 4 is 29.9 Å². The summed E-state index contributed by atoms with van der Waals surface area (Å²) in [6.45, 7) is 7.50. The van der Waals surface area contributed by atoms with Gasteiger partial charge in [0.25, 0.3) is 0 Å². The van der Waals surface area contributed by atoms with Crippen LogP contribution < -0.4 is 10.6 Å². The highest BCUT2D eigenvalue weighted by Crippen LogP contribution is 2.11. The summed E-state index contributed by atoms with van der Waals surface area (Å²) in [5, 5.41) is 6.73. The van der Waals surface area contributed by atoms with Gasteiger partial charge in [-0.25, -0.2) is 9.98 Å². The molecule has 1 saturated heterocycles. The zero-order valence-corrected chi connectivity index (χ0v) is 17.6. The van der Waals surface area contributed by atoms with Crippen molar-refractivity contribution in [1.29, 1.82) is 0 Å². The minimum Gasteiger partial charge on any atom is -0.469 e. The summed E-state index contributed by atoms with van der Waals surface area (Å²) in [6.07, 6.45) is 3.58. The van der Waals surface area contributed by atoms with Gasteiger partial charge < -0.3 is 24.2 Å². The Morgan fingerprint density at radius 2 is 2.23 bits per heavy atom. The molecule has 3 heterocycles. The maximum absolute atomic E-state index is 5.60. The Kier molecular flexibility index (Phi) is 8.43. The van der Waals surface area contributed by atoms with E-state index in [-0.39, 0.29) is 24.0 Å². The van der Waals surface area contributed by atoms with Crippen LogP contribution >= 0.6 is 24.0 Å². The standard InChI is InChI=1S/C18H26N4O3.HI/c1-13-14(2)25-17(22-13)11-21-18(20-10-15-6-9-23-12-15)19-7-5-16-4-3-8-24-16;/h3-4,8,15H,5-7,9-12H2,1-2H3,(H2,19,20,21);1H. The Hall–Kier alpha value is -1.55. The van der Waals surface area contributed by atoms with Crippen LogP contribution in [0.25, 0.3) is 0 Å². The Bertz CT molecular complexity index is 659. The highest BCUT2D eigenvalue weighted by atomic mass is 127. The summed E-state index contributed by atoms with van der Waals surface area (Å²) in [7, 11) is 0. The second-order valence-corrected chi connectivity index (χ2v) is 6.28. The summed E-state index contributed by atoms with van der Waals surface area (Å²) in [5.41, 5.74) is 0.911. The van der Waals surface area contributed by atoms with Crippen molar-refractivity contribution < 1.29 is 13.6 Å². The quantitative estimate of drug-likeness (QED) is 0.365. The second-order valence-electron chi connectivity index (χ2n) is 6.28. The van der Waals surface area contributed by atoms with E-state index in [1.54, 1.807) is 6.26 Å². The Morgan fingerprint density at radius 1 is 1.35 bits per heavy atom. The summed E-state index contributed by atoms with van der Waals surface area (Å²) in [6, 6.07) is 3.87. The third-order valence-electron chi connectivity index (χ3n) is 4.27. The topological polar surface area (TPSA) is 84.8 Å². The van der Waals surface area contributed by atoms with Crippen molar-refractivity contribution in [2.75, 3.05) is 26.3 Å². The molecule has 0 spiro atoms. The van der Waals surface area contributed by atoms with Crippen LogP contribution in [0, 0.1) is 19.8 Å². The number of aromatic nitrogens is 1. The molecule has 0 saturated carbocycles. The van der Waals surface area contributed by atoms with Gasteiger partial charge in [0.1, 0.15) is 18.1 Å². The fourth-order valence-electron chi connectivity index (χ4n) is 2.67. The van der Waals surface area contributed by atoms with Crippen molar-refractivity contribution in [3.8, 4) is 0 Å². The summed E-state index contributed by atoms with van der Waals surface area (Å²) < 4.78 is 16.4. The number of nitrogens with zero attached hydrogens (tertiary/aromatic N) is 2. The number of guanidine groups is 1. The third kappa shape index (κ3) is 6.31. The van der Waals surface area contributed by atoms with Crippen molar-refractivity contribution in [3.05, 3.63) is 41.5 Å². The number of aryl methyl sites for hydroxylation is 2. The van der Waals surface area contributed by atoms with E-state index in [1.165, 1.54) is 0 Å². The van der Waals surface area contributed by atoms with Gasteiger partial charge in [-0.3, -0.25) is 0 Å². The summed E-state index contributed by atoms with van der Waals surface area (Å²) >= 11 is 0. The Morgan fingerprint density at radius 3 is 2.88 bits per heavy atom. The molecule has 1 atom stereocenters. The number of rotatable bonds is 7. The molecule has 144 valence electrons. The highest BCUT2D eigenvalue weighted by molar-refractivity contribution is 14.0. The molecule has 1 fully saturated rings. The van der Waals surface area contributed by atoms with Gasteiger partial charge in [0.05, 0.1) is 18.6 Å². The molecular formula is C18H27IN4O3. The number of halogens is 1. The van der Waals surface area contributed by atoms with Crippen molar-refractivity contribution in [2.24, 2.45) is 10.9 Å². The lowest BCUT2D eigenvalue weighted by Crippen LogP contribution is -2.40. The van der Waals surface area contributed by atoms with E-state index >= 15 is 0 Å². The maximum atomic E-state index is 5.60. The smallest absolute Gasteiger partial charge is 0.216 e. The molecule has 0 amide bonds. The normalized spacial score (nSPS) is 17.2. The minimum atomic E-state index is 0. The lowest BCUT2D eigenvalue weighted by molar-refractivity contribution is 0.186. The SMILES string of the molecule is Cc1nc(CN=C(NCCc2ccco2)NCC2CCOC2)oc1C.I. The fraction of sp³-hybridized carbons (Fsp3) is 0.556. The van der Waals surface area contributed by atoms with E-state index < -0.39 is 0 Å². The van der Waals surface area contributed by atoms with Crippen molar-refractivity contribution in [2.45, 2.75) is 33.2 Å². The summed E-state index contributed by atoms with van der Waals surface area (Å²) in [5.74, 6) is 3.71. The van der Waals surface area contributed by atoms with Gasteiger partial charge in [0.15, 0.2) is 5.96 Å². The average molecular weight is 474 g/mol. The predicted molar refractivity (Wildman–Crippen MR) is 110 cm³/mol. The van der Waals surface area contributed by atoms with Crippen LogP contribution in [-0.2, 0) is 17.7 Å². The van der Waals surface area contributed by atoms with Gasteiger partial charge in [0, 0.05) is 32.0 Å². The molecule has 3 rings (SSSR count). The first-order chi connectivity index (χ1) is 12.2. The largest absolute Gasteiger partial charge is 0.469 e. The first kappa shape index (κ1) is 20.8. The predicted octanol–water partition coefficient (Wildman–Crippen LogP) is 2.82. The number of furan rings is 1. The van der Waals surface area contributed by atoms with Crippen LogP contribution in [0.5, 0.6) is 0 Å². The van der Waals surface area contributed by atoms with Gasteiger partial charge in [-0.05, 0) is 32.4 Å². The molecule has 7 nitrogen and oxygen atoms in total. The number of oxazole rings is 1. The number of nitrogens with one attached hydrogen (secondary N) is 2. The molecule has 2 aromatic rings. The molecule has 1 aliphatic rings. The molecule has 0 aliphatic carbocycles. The van der Waals surface area contributed by atoms with Crippen molar-refractivity contribution in [1.82, 2.24) is 15.6 Å². The summed E-state index contributed by atoms with van der Waals surface area (Å²) in [4.78, 5) is 8.97. The van der Waals surface area contributed by atoms with Crippen molar-refractivity contribution in [3.63, 3.8) is 0 Å². The first-order valence-electron chi connectivity index (χ1n) is 8.76. The van der Waals surface area contributed by atoms with Crippen LogP contribution in [0.4, 0.5) is 0 Å². The molecule has 0 aromatic carbocycles. The monoisotopic (exact) mass is 474 g/mol. The lowest BCUT2D eigenvalue weighted by Gasteiger charge is -2.14. The molecule has 2 aromatic heterocycles. The maximum Gasteiger partial charge on any atom is 0.216 e. The Balaban J connectivity index is 0.00000243. The van der Waals surface area contributed by atoms with Gasteiger partial charge in [-0.2, -0.15) is 0 Å². The molecule has 1 unspecified atom stereocenters. The number of aliphatic imine (C=N–C) groups is 1. The van der Waals surface area contributed by atoms with E-state index in [9.17, 15) is 0 Å². The van der Waals surface area contributed by atoms with Gasteiger partial charge in [0.2, 0.25) is 5.89 Å². The van der Waals surface area contributed by atoms with Crippen LogP contribution in [-0.4, -0.2) is 37.2 Å². The molecule has 26 heavy (non-hydrogen) atoms. The van der Waals surface area contributed by atoms with E-state index in [0.29, 0.717) is 18.4 Å². The zero-order chi connectivity index (χ0) is 17.5.